The van der Waals surface area contributed by atoms with Crippen LogP contribution in [0.2, 0.25) is 5.02 Å². The summed E-state index contributed by atoms with van der Waals surface area (Å²) in [4.78, 5) is 36.1. The van der Waals surface area contributed by atoms with Crippen molar-refractivity contribution in [1.82, 2.24) is 15.0 Å². The Balaban J connectivity index is 1.05. The van der Waals surface area contributed by atoms with Crippen molar-refractivity contribution < 1.29 is 14.1 Å². The minimum Gasteiger partial charge on any atom is -0.368 e. The summed E-state index contributed by atoms with van der Waals surface area (Å²) < 4.78 is 5.37. The van der Waals surface area contributed by atoms with E-state index in [0.717, 1.165) is 48.8 Å². The lowest BCUT2D eigenvalue weighted by molar-refractivity contribution is -0.136. The zero-order valence-electron chi connectivity index (χ0n) is 19.3. The van der Waals surface area contributed by atoms with Gasteiger partial charge in [0.2, 0.25) is 23.5 Å². The zero-order valence-corrected chi connectivity index (χ0v) is 20.0. The number of carbonyl (C=O) groups is 2. The van der Waals surface area contributed by atoms with E-state index in [0.29, 0.717) is 36.4 Å². The molecule has 2 aliphatic heterocycles. The summed E-state index contributed by atoms with van der Waals surface area (Å²) in [7, 11) is 0. The Morgan fingerprint density at radius 1 is 1.00 bits per heavy atom. The number of hydrogen-bond donors (Lipinski definition) is 0. The zero-order chi connectivity index (χ0) is 23.9. The molecule has 8 nitrogen and oxygen atoms in total. The van der Waals surface area contributed by atoms with Crippen LogP contribution in [0.1, 0.15) is 31.1 Å². The van der Waals surface area contributed by atoms with Crippen molar-refractivity contribution in [2.45, 2.75) is 25.2 Å². The molecule has 1 aromatic heterocycles. The van der Waals surface area contributed by atoms with Crippen molar-refractivity contribution in [3.05, 3.63) is 59.4 Å². The topological polar surface area (TPSA) is 82.8 Å². The van der Waals surface area contributed by atoms with Crippen molar-refractivity contribution >= 4 is 34.8 Å². The molecule has 2 saturated heterocycles. The fourth-order valence-corrected chi connectivity index (χ4v) is 5.06. The van der Waals surface area contributed by atoms with Gasteiger partial charge in [-0.05, 0) is 55.3 Å². The van der Waals surface area contributed by atoms with E-state index in [9.17, 15) is 9.59 Å². The summed E-state index contributed by atoms with van der Waals surface area (Å²) in [5.74, 6) is 1.52. The van der Waals surface area contributed by atoms with E-state index < -0.39 is 0 Å². The molecular weight excluding hydrogens is 466 g/mol. The second-order valence-electron chi connectivity index (χ2n) is 9.47. The number of hydrogen-bond acceptors (Lipinski definition) is 6. The normalized spacial score (nSPS) is 20.5. The van der Waals surface area contributed by atoms with Gasteiger partial charge in [0.15, 0.2) is 0 Å². The van der Waals surface area contributed by atoms with Crippen molar-refractivity contribution in [1.29, 1.82) is 0 Å². The lowest BCUT2D eigenvalue weighted by atomic mass is 10.1. The van der Waals surface area contributed by atoms with Crippen LogP contribution in [-0.4, -0.2) is 59.6 Å². The number of aromatic nitrogens is 2. The van der Waals surface area contributed by atoms with Gasteiger partial charge < -0.3 is 19.2 Å². The molecule has 6 rings (SSSR count). The van der Waals surface area contributed by atoms with E-state index in [4.69, 9.17) is 16.1 Å². The molecule has 0 bridgehead atoms. The Kier molecular flexibility index (Phi) is 5.68. The molecular formula is C26H26ClN5O3. The maximum absolute atomic E-state index is 13.2. The van der Waals surface area contributed by atoms with Crippen LogP contribution in [-0.2, 0) is 9.59 Å². The molecule has 180 valence electrons. The Morgan fingerprint density at radius 3 is 2.49 bits per heavy atom. The van der Waals surface area contributed by atoms with Crippen LogP contribution in [0.3, 0.4) is 0 Å². The van der Waals surface area contributed by atoms with Gasteiger partial charge in [0.1, 0.15) is 0 Å². The molecule has 9 heteroatoms. The molecule has 0 unspecified atom stereocenters. The van der Waals surface area contributed by atoms with Gasteiger partial charge in [-0.15, -0.1) is 0 Å². The monoisotopic (exact) mass is 491 g/mol. The molecule has 0 radical (unpaired) electrons. The van der Waals surface area contributed by atoms with Crippen LogP contribution in [0, 0.1) is 5.92 Å². The maximum Gasteiger partial charge on any atom is 0.230 e. The van der Waals surface area contributed by atoms with E-state index >= 15 is 0 Å². The first-order valence-corrected chi connectivity index (χ1v) is 12.5. The van der Waals surface area contributed by atoms with E-state index in [1.807, 2.05) is 29.2 Å². The SMILES string of the molecule is O=C([C@H]1CC(=O)N(c2cccc(Cl)c2)C1)N1CCN(c2ccc(-c3noc(C4CC4)n3)cc2)CC1. The minimum atomic E-state index is -0.317. The summed E-state index contributed by atoms with van der Waals surface area (Å²) >= 11 is 6.08. The van der Waals surface area contributed by atoms with Gasteiger partial charge in [-0.3, -0.25) is 9.59 Å². The van der Waals surface area contributed by atoms with E-state index in [1.165, 1.54) is 0 Å². The standard InChI is InChI=1S/C26H26ClN5O3/c27-20-2-1-3-22(15-20)32-16-19(14-23(32)33)26(34)31-12-10-30(11-13-31)21-8-6-17(7-9-21)24-28-25(35-29-24)18-4-5-18/h1-3,6-9,15,18-19H,4-5,10-14,16H2/t19-/m0/s1. The van der Waals surface area contributed by atoms with Gasteiger partial charge in [-0.2, -0.15) is 4.98 Å². The summed E-state index contributed by atoms with van der Waals surface area (Å²) in [5, 5.41) is 4.69. The molecule has 3 fully saturated rings. The fourth-order valence-electron chi connectivity index (χ4n) is 4.88. The predicted octanol–water partition coefficient (Wildman–Crippen LogP) is 3.97. The largest absolute Gasteiger partial charge is 0.368 e. The van der Waals surface area contributed by atoms with Gasteiger partial charge in [0.25, 0.3) is 0 Å². The predicted molar refractivity (Wildman–Crippen MR) is 132 cm³/mol. The number of piperazine rings is 1. The average Bonchev–Trinajstić information content (AvgIpc) is 3.48. The Hall–Kier alpha value is -3.39. The number of carbonyl (C=O) groups excluding carboxylic acids is 2. The number of anilines is 2. The lowest BCUT2D eigenvalue weighted by Crippen LogP contribution is -2.50. The first-order valence-electron chi connectivity index (χ1n) is 12.1. The molecule has 3 aliphatic rings. The fraction of sp³-hybridized carbons (Fsp3) is 0.385. The lowest BCUT2D eigenvalue weighted by Gasteiger charge is -2.37. The smallest absolute Gasteiger partial charge is 0.230 e. The number of benzene rings is 2. The van der Waals surface area contributed by atoms with Crippen LogP contribution in [0.15, 0.2) is 53.1 Å². The summed E-state index contributed by atoms with van der Waals surface area (Å²) in [6, 6.07) is 15.4. The van der Waals surface area contributed by atoms with Gasteiger partial charge >= 0.3 is 0 Å². The van der Waals surface area contributed by atoms with Crippen molar-refractivity contribution in [2.24, 2.45) is 5.92 Å². The molecule has 0 N–H and O–H groups in total. The minimum absolute atomic E-state index is 0.0322. The highest BCUT2D eigenvalue weighted by atomic mass is 35.5. The molecule has 2 amide bonds. The highest BCUT2D eigenvalue weighted by Crippen LogP contribution is 2.39. The van der Waals surface area contributed by atoms with Crippen molar-refractivity contribution in [3.8, 4) is 11.4 Å². The van der Waals surface area contributed by atoms with E-state index in [1.54, 1.807) is 17.0 Å². The van der Waals surface area contributed by atoms with E-state index in [-0.39, 0.29) is 24.2 Å². The Labute approximate surface area is 208 Å². The van der Waals surface area contributed by atoms with E-state index in [2.05, 4.69) is 27.2 Å². The molecule has 3 aromatic rings. The van der Waals surface area contributed by atoms with Crippen LogP contribution >= 0.6 is 11.6 Å². The number of rotatable bonds is 5. The van der Waals surface area contributed by atoms with Gasteiger partial charge in [-0.25, -0.2) is 0 Å². The first kappa shape index (κ1) is 22.1. The highest BCUT2D eigenvalue weighted by Gasteiger charge is 2.38. The highest BCUT2D eigenvalue weighted by molar-refractivity contribution is 6.31. The molecule has 2 aromatic carbocycles. The van der Waals surface area contributed by atoms with Crippen molar-refractivity contribution in [2.75, 3.05) is 42.5 Å². The Morgan fingerprint density at radius 2 is 1.77 bits per heavy atom. The molecule has 3 heterocycles. The number of nitrogens with zero attached hydrogens (tertiary/aromatic N) is 5. The third-order valence-corrected chi connectivity index (χ3v) is 7.28. The Bertz CT molecular complexity index is 1250. The van der Waals surface area contributed by atoms with Crippen LogP contribution in [0.25, 0.3) is 11.4 Å². The summed E-state index contributed by atoms with van der Waals surface area (Å²) in [6.45, 7) is 3.17. The number of halogens is 1. The molecule has 1 aliphatic carbocycles. The molecule has 0 spiro atoms. The first-order chi connectivity index (χ1) is 17.0. The molecule has 1 atom stereocenters. The van der Waals surface area contributed by atoms with Gasteiger partial charge in [-0.1, -0.05) is 22.8 Å². The van der Waals surface area contributed by atoms with Gasteiger partial charge in [0, 0.05) is 67.0 Å². The summed E-state index contributed by atoms with van der Waals surface area (Å²) in [6.07, 6.45) is 2.50. The van der Waals surface area contributed by atoms with Crippen molar-refractivity contribution in [3.63, 3.8) is 0 Å². The second kappa shape index (κ2) is 9.00. The quantitative estimate of drug-likeness (QED) is 0.537. The third kappa shape index (κ3) is 4.50. The van der Waals surface area contributed by atoms with Crippen LogP contribution in [0.5, 0.6) is 0 Å². The number of amides is 2. The summed E-state index contributed by atoms with van der Waals surface area (Å²) in [5.41, 5.74) is 2.79. The maximum atomic E-state index is 13.2. The van der Waals surface area contributed by atoms with Gasteiger partial charge in [0.05, 0.1) is 5.92 Å². The average molecular weight is 492 g/mol. The third-order valence-electron chi connectivity index (χ3n) is 7.04. The second-order valence-corrected chi connectivity index (χ2v) is 9.91. The molecule has 35 heavy (non-hydrogen) atoms. The molecule has 1 saturated carbocycles. The van der Waals surface area contributed by atoms with Crippen LogP contribution < -0.4 is 9.80 Å². The van der Waals surface area contributed by atoms with Crippen LogP contribution in [0.4, 0.5) is 11.4 Å².